The third kappa shape index (κ3) is 3.37. The van der Waals surface area contributed by atoms with Crippen LogP contribution in [0.1, 0.15) is 39.5 Å². The van der Waals surface area contributed by atoms with Gasteiger partial charge in [0.2, 0.25) is 5.82 Å². The van der Waals surface area contributed by atoms with Crippen LogP contribution >= 0.6 is 0 Å². The Morgan fingerprint density at radius 1 is 1.32 bits per heavy atom. The maximum Gasteiger partial charge on any atom is 0.270 e. The smallest absolute Gasteiger partial charge is 0.270 e. The lowest BCUT2D eigenvalue weighted by atomic mass is 9.75. The zero-order valence-corrected chi connectivity index (χ0v) is 14.5. The highest BCUT2D eigenvalue weighted by molar-refractivity contribution is 5.50. The molecule has 0 amide bonds. The van der Waals surface area contributed by atoms with Gasteiger partial charge in [-0.25, -0.2) is 18.7 Å². The SMILES string of the molecule is CC(F)(F)C1=CCC(C)([C@H]2CCCN2c2ncnc(N)c2F)CC=C1. The van der Waals surface area contributed by atoms with E-state index in [2.05, 4.69) is 16.9 Å². The van der Waals surface area contributed by atoms with Crippen LogP contribution in [0.4, 0.5) is 24.8 Å². The minimum Gasteiger partial charge on any atom is -0.381 e. The lowest BCUT2D eigenvalue weighted by molar-refractivity contribution is 0.0670. The third-order valence-electron chi connectivity index (χ3n) is 5.30. The van der Waals surface area contributed by atoms with Gasteiger partial charge in [0.05, 0.1) is 0 Å². The van der Waals surface area contributed by atoms with Crippen LogP contribution in [0.3, 0.4) is 0 Å². The first-order valence-corrected chi connectivity index (χ1v) is 8.50. The van der Waals surface area contributed by atoms with Gasteiger partial charge in [0.1, 0.15) is 6.33 Å². The molecule has 1 aliphatic heterocycles. The molecule has 0 bridgehead atoms. The quantitative estimate of drug-likeness (QED) is 0.890. The minimum absolute atomic E-state index is 0.00188. The molecule has 2 atom stereocenters. The summed E-state index contributed by atoms with van der Waals surface area (Å²) in [5.74, 6) is -3.44. The number of anilines is 2. The number of rotatable bonds is 3. The van der Waals surface area contributed by atoms with Gasteiger partial charge in [-0.2, -0.15) is 4.39 Å². The predicted octanol–water partition coefficient (Wildman–Crippen LogP) is 4.10. The molecule has 2 N–H and O–H groups in total. The van der Waals surface area contributed by atoms with Crippen molar-refractivity contribution in [2.24, 2.45) is 5.41 Å². The highest BCUT2D eigenvalue weighted by Crippen LogP contribution is 2.44. The van der Waals surface area contributed by atoms with Crippen molar-refractivity contribution in [1.29, 1.82) is 0 Å². The first-order valence-electron chi connectivity index (χ1n) is 8.50. The number of aromatic nitrogens is 2. The van der Waals surface area contributed by atoms with Gasteiger partial charge in [-0.15, -0.1) is 0 Å². The molecular weight excluding hydrogens is 329 g/mol. The number of hydrogen-bond acceptors (Lipinski definition) is 4. The van der Waals surface area contributed by atoms with E-state index >= 15 is 0 Å². The van der Waals surface area contributed by atoms with Crippen molar-refractivity contribution in [3.63, 3.8) is 0 Å². The molecule has 1 aliphatic carbocycles. The fourth-order valence-electron chi connectivity index (χ4n) is 3.87. The number of hydrogen-bond donors (Lipinski definition) is 1. The molecule has 1 fully saturated rings. The average Bonchev–Trinajstić information content (AvgIpc) is 2.93. The molecule has 0 radical (unpaired) electrons. The van der Waals surface area contributed by atoms with Crippen molar-refractivity contribution >= 4 is 11.6 Å². The van der Waals surface area contributed by atoms with Crippen LogP contribution in [0.2, 0.25) is 0 Å². The molecule has 0 aromatic carbocycles. The highest BCUT2D eigenvalue weighted by Gasteiger charge is 2.42. The molecule has 1 aromatic heterocycles. The predicted molar refractivity (Wildman–Crippen MR) is 92.0 cm³/mol. The summed E-state index contributed by atoms with van der Waals surface area (Å²) in [5.41, 5.74) is 5.33. The zero-order valence-electron chi connectivity index (χ0n) is 14.5. The molecule has 1 aromatic rings. The first-order chi connectivity index (χ1) is 11.7. The molecule has 1 unspecified atom stereocenters. The summed E-state index contributed by atoms with van der Waals surface area (Å²) >= 11 is 0. The largest absolute Gasteiger partial charge is 0.381 e. The van der Waals surface area contributed by atoms with E-state index in [1.54, 1.807) is 12.2 Å². The van der Waals surface area contributed by atoms with Gasteiger partial charge in [-0.1, -0.05) is 25.2 Å². The second kappa shape index (κ2) is 6.35. The van der Waals surface area contributed by atoms with Crippen molar-refractivity contribution in [1.82, 2.24) is 9.97 Å². The van der Waals surface area contributed by atoms with Crippen LogP contribution < -0.4 is 10.6 Å². The molecule has 7 heteroatoms. The van der Waals surface area contributed by atoms with Crippen molar-refractivity contribution in [2.75, 3.05) is 17.2 Å². The monoisotopic (exact) mass is 352 g/mol. The summed E-state index contributed by atoms with van der Waals surface area (Å²) in [5, 5.41) is 0. The second-order valence-electron chi connectivity index (χ2n) is 7.26. The van der Waals surface area contributed by atoms with Gasteiger partial charge in [0, 0.05) is 25.1 Å². The molecule has 3 rings (SSSR count). The van der Waals surface area contributed by atoms with E-state index in [0.29, 0.717) is 19.4 Å². The van der Waals surface area contributed by atoms with Crippen LogP contribution in [0.15, 0.2) is 30.1 Å². The molecule has 2 aliphatic rings. The Hall–Kier alpha value is -2.05. The molecule has 0 saturated carbocycles. The van der Waals surface area contributed by atoms with Crippen molar-refractivity contribution in [2.45, 2.75) is 51.5 Å². The summed E-state index contributed by atoms with van der Waals surface area (Å²) in [7, 11) is 0. The Bertz CT molecular complexity index is 711. The number of halogens is 3. The van der Waals surface area contributed by atoms with Crippen LogP contribution in [-0.2, 0) is 0 Å². The molecule has 25 heavy (non-hydrogen) atoms. The summed E-state index contributed by atoms with van der Waals surface area (Å²) < 4.78 is 41.7. The third-order valence-corrected chi connectivity index (χ3v) is 5.30. The van der Waals surface area contributed by atoms with Crippen molar-refractivity contribution in [3.05, 3.63) is 35.9 Å². The number of allylic oxidation sites excluding steroid dienone is 4. The molecule has 136 valence electrons. The van der Waals surface area contributed by atoms with Crippen LogP contribution in [0, 0.1) is 11.2 Å². The normalized spacial score (nSPS) is 27.3. The van der Waals surface area contributed by atoms with Crippen molar-refractivity contribution in [3.8, 4) is 0 Å². The second-order valence-corrected chi connectivity index (χ2v) is 7.26. The summed E-state index contributed by atoms with van der Waals surface area (Å²) in [6, 6.07) is 0.00188. The Labute approximate surface area is 145 Å². The number of nitrogens with two attached hydrogens (primary N) is 1. The minimum atomic E-state index is -2.86. The van der Waals surface area contributed by atoms with Crippen LogP contribution in [0.25, 0.3) is 0 Å². The van der Waals surface area contributed by atoms with Gasteiger partial charge < -0.3 is 10.6 Å². The van der Waals surface area contributed by atoms with Crippen LogP contribution in [0.5, 0.6) is 0 Å². The highest BCUT2D eigenvalue weighted by atomic mass is 19.3. The Kier molecular flexibility index (Phi) is 4.51. The summed E-state index contributed by atoms with van der Waals surface area (Å²) in [6.07, 6.45) is 9.09. The van der Waals surface area contributed by atoms with E-state index in [9.17, 15) is 13.2 Å². The van der Waals surface area contributed by atoms with Gasteiger partial charge in [-0.05, 0) is 31.1 Å². The molecular formula is C18H23F3N4. The van der Waals surface area contributed by atoms with Crippen LogP contribution in [-0.4, -0.2) is 28.5 Å². The molecule has 0 spiro atoms. The Morgan fingerprint density at radius 3 is 2.80 bits per heavy atom. The molecule has 1 saturated heterocycles. The number of alkyl halides is 2. The number of nitrogens with zero attached hydrogens (tertiary/aromatic N) is 3. The number of nitrogen functional groups attached to an aromatic ring is 1. The van der Waals surface area contributed by atoms with Gasteiger partial charge in [-0.3, -0.25) is 0 Å². The van der Waals surface area contributed by atoms with E-state index in [1.165, 1.54) is 12.4 Å². The maximum absolute atomic E-state index is 14.4. The fourth-order valence-corrected chi connectivity index (χ4v) is 3.87. The molecule has 4 nitrogen and oxygen atoms in total. The van der Waals surface area contributed by atoms with Crippen molar-refractivity contribution < 1.29 is 13.2 Å². The van der Waals surface area contributed by atoms with E-state index < -0.39 is 11.7 Å². The Morgan fingerprint density at radius 2 is 2.08 bits per heavy atom. The lowest BCUT2D eigenvalue weighted by Gasteiger charge is -2.40. The van der Waals surface area contributed by atoms with E-state index in [4.69, 9.17) is 5.73 Å². The van der Waals surface area contributed by atoms with E-state index in [-0.39, 0.29) is 28.7 Å². The van der Waals surface area contributed by atoms with E-state index in [0.717, 1.165) is 19.8 Å². The van der Waals surface area contributed by atoms with Gasteiger partial charge >= 0.3 is 0 Å². The topological polar surface area (TPSA) is 55.0 Å². The standard InChI is InChI=1S/C18H23F3N4/c1-17(8-3-5-12(7-9-17)18(2,20)21)13-6-4-10-25(13)16-14(19)15(22)23-11-24-16/h3,5,7,11,13H,4,6,8-10H2,1-2H3,(H2,22,23,24)/t13-,17?/m1/s1. The van der Waals surface area contributed by atoms with E-state index in [1.807, 2.05) is 4.90 Å². The van der Waals surface area contributed by atoms with Gasteiger partial charge in [0.15, 0.2) is 11.6 Å². The first kappa shape index (κ1) is 17.8. The summed E-state index contributed by atoms with van der Waals surface area (Å²) in [6.45, 7) is 3.64. The Balaban J connectivity index is 1.91. The fraction of sp³-hybridized carbons (Fsp3) is 0.556. The zero-order chi connectivity index (χ0) is 18.2. The molecule has 2 heterocycles. The average molecular weight is 352 g/mol. The summed E-state index contributed by atoms with van der Waals surface area (Å²) in [4.78, 5) is 9.68. The lowest BCUT2D eigenvalue weighted by Crippen LogP contribution is -2.43. The maximum atomic E-state index is 14.4. The van der Waals surface area contributed by atoms with Gasteiger partial charge in [0.25, 0.3) is 5.92 Å².